The number of piperidine rings is 1. The number of halogens is 1. The number of nitrogens with zero attached hydrogens (tertiary/aromatic N) is 1. The summed E-state index contributed by atoms with van der Waals surface area (Å²) in [6.07, 6.45) is 1.49. The molecule has 1 atom stereocenters. The Balaban J connectivity index is 2.64. The van der Waals surface area contributed by atoms with E-state index in [1.165, 1.54) is 0 Å². The number of alkyl halides is 1. The van der Waals surface area contributed by atoms with Crippen molar-refractivity contribution < 1.29 is 9.18 Å². The molecule has 0 radical (unpaired) electrons. The molecule has 0 bridgehead atoms. The number of carbonyl (C=O) groups excluding carboxylic acids is 1. The van der Waals surface area contributed by atoms with Gasteiger partial charge < -0.3 is 4.90 Å². The predicted octanol–water partition coefficient (Wildman–Crippen LogP) is 3.41. The van der Waals surface area contributed by atoms with Crippen LogP contribution in [0.5, 0.6) is 0 Å². The molecule has 1 aliphatic rings. The largest absolute Gasteiger partial charge is 0.342 e. The number of hydrogen-bond donors (Lipinski definition) is 0. The van der Waals surface area contributed by atoms with Gasteiger partial charge >= 0.3 is 0 Å². The predicted molar refractivity (Wildman–Crippen MR) is 68.6 cm³/mol. The van der Waals surface area contributed by atoms with Crippen molar-refractivity contribution >= 4 is 5.91 Å². The fraction of sp³-hybridized carbons (Fsp3) is 0.929. The Morgan fingerprint density at radius 2 is 1.82 bits per heavy atom. The maximum atomic E-state index is 14.9. The van der Waals surface area contributed by atoms with Gasteiger partial charge in [0, 0.05) is 19.5 Å². The molecule has 1 saturated heterocycles. The lowest BCUT2D eigenvalue weighted by Crippen LogP contribution is -2.49. The van der Waals surface area contributed by atoms with Crippen molar-refractivity contribution in [2.45, 2.75) is 59.5 Å². The topological polar surface area (TPSA) is 20.3 Å². The van der Waals surface area contributed by atoms with E-state index in [1.807, 2.05) is 13.8 Å². The quantitative estimate of drug-likeness (QED) is 0.728. The molecule has 0 aromatic rings. The molecule has 100 valence electrons. The zero-order valence-corrected chi connectivity index (χ0v) is 11.8. The normalized spacial score (nSPS) is 22.4. The zero-order valence-electron chi connectivity index (χ0n) is 11.8. The third kappa shape index (κ3) is 3.20. The number of carbonyl (C=O) groups is 1. The third-order valence-corrected chi connectivity index (χ3v) is 4.32. The molecule has 1 fully saturated rings. The van der Waals surface area contributed by atoms with Gasteiger partial charge in [0.1, 0.15) is 5.67 Å². The van der Waals surface area contributed by atoms with E-state index in [-0.39, 0.29) is 17.2 Å². The molecule has 1 heterocycles. The molecule has 2 nitrogen and oxygen atoms in total. The highest BCUT2D eigenvalue weighted by Gasteiger charge is 2.44. The van der Waals surface area contributed by atoms with Crippen LogP contribution in [0.1, 0.15) is 53.9 Å². The van der Waals surface area contributed by atoms with Gasteiger partial charge in [-0.3, -0.25) is 4.79 Å². The van der Waals surface area contributed by atoms with Crippen LogP contribution in [0.4, 0.5) is 4.39 Å². The van der Waals surface area contributed by atoms with Crippen LogP contribution in [-0.4, -0.2) is 29.6 Å². The molecule has 1 aliphatic heterocycles. The van der Waals surface area contributed by atoms with Crippen molar-refractivity contribution in [3.8, 4) is 0 Å². The van der Waals surface area contributed by atoms with Crippen LogP contribution in [0.3, 0.4) is 0 Å². The fourth-order valence-corrected chi connectivity index (χ4v) is 2.56. The minimum atomic E-state index is -1.11. The number of likely N-dealkylation sites (tertiary alicyclic amines) is 1. The standard InChI is InChI=1S/C14H26FNO/c1-6-12(17)16-9-7-14(15,8-10-16)11(2)13(3,4)5/h11H,6-10H2,1-5H3. The summed E-state index contributed by atoms with van der Waals surface area (Å²) in [6, 6.07) is 0. The van der Waals surface area contributed by atoms with Crippen LogP contribution < -0.4 is 0 Å². The molecular weight excluding hydrogens is 217 g/mol. The number of rotatable bonds is 2. The lowest BCUT2D eigenvalue weighted by molar-refractivity contribution is -0.135. The number of amides is 1. The Bertz CT molecular complexity index is 274. The first-order chi connectivity index (χ1) is 7.70. The average molecular weight is 243 g/mol. The van der Waals surface area contributed by atoms with Crippen molar-refractivity contribution in [1.82, 2.24) is 4.90 Å². The van der Waals surface area contributed by atoms with Crippen molar-refractivity contribution in [2.24, 2.45) is 11.3 Å². The molecule has 0 N–H and O–H groups in total. The van der Waals surface area contributed by atoms with E-state index in [0.717, 1.165) is 0 Å². The highest BCUT2D eigenvalue weighted by Crippen LogP contribution is 2.43. The molecule has 1 amide bonds. The number of hydrogen-bond acceptors (Lipinski definition) is 1. The molecular formula is C14H26FNO. The Kier molecular flexibility index (Phi) is 4.21. The first kappa shape index (κ1) is 14.5. The minimum Gasteiger partial charge on any atom is -0.342 e. The van der Waals surface area contributed by atoms with E-state index in [0.29, 0.717) is 32.4 Å². The summed E-state index contributed by atoms with van der Waals surface area (Å²) in [4.78, 5) is 13.3. The van der Waals surface area contributed by atoms with Crippen molar-refractivity contribution in [2.75, 3.05) is 13.1 Å². The van der Waals surface area contributed by atoms with Crippen LogP contribution >= 0.6 is 0 Å². The van der Waals surface area contributed by atoms with Gasteiger partial charge in [-0.25, -0.2) is 4.39 Å². The minimum absolute atomic E-state index is 0.0221. The van der Waals surface area contributed by atoms with Crippen molar-refractivity contribution in [1.29, 1.82) is 0 Å². The van der Waals surface area contributed by atoms with E-state index in [9.17, 15) is 9.18 Å². The molecule has 0 aromatic carbocycles. The van der Waals surface area contributed by atoms with E-state index in [1.54, 1.807) is 4.90 Å². The van der Waals surface area contributed by atoms with Crippen LogP contribution in [0.15, 0.2) is 0 Å². The summed E-state index contributed by atoms with van der Waals surface area (Å²) in [5.74, 6) is 0.171. The first-order valence-corrected chi connectivity index (χ1v) is 6.67. The molecule has 0 spiro atoms. The highest BCUT2D eigenvalue weighted by molar-refractivity contribution is 5.75. The summed E-state index contributed by atoms with van der Waals surface area (Å²) in [6.45, 7) is 11.3. The summed E-state index contributed by atoms with van der Waals surface area (Å²) in [5, 5.41) is 0. The SMILES string of the molecule is CCC(=O)N1CCC(F)(C(C)C(C)(C)C)CC1. The first-order valence-electron chi connectivity index (χ1n) is 6.67. The van der Waals surface area contributed by atoms with E-state index < -0.39 is 5.67 Å². The maximum absolute atomic E-state index is 14.9. The van der Waals surface area contributed by atoms with Gasteiger partial charge in [-0.2, -0.15) is 0 Å². The lowest BCUT2D eigenvalue weighted by atomic mass is 9.69. The monoisotopic (exact) mass is 243 g/mol. The summed E-state index contributed by atoms with van der Waals surface area (Å²) in [5.41, 5.74) is -1.13. The van der Waals surface area contributed by atoms with Gasteiger partial charge in [-0.05, 0) is 24.2 Å². The van der Waals surface area contributed by atoms with Gasteiger partial charge in [0.15, 0.2) is 0 Å². The van der Waals surface area contributed by atoms with E-state index in [4.69, 9.17) is 0 Å². The molecule has 1 rings (SSSR count). The molecule has 1 unspecified atom stereocenters. The van der Waals surface area contributed by atoms with Crippen LogP contribution in [-0.2, 0) is 4.79 Å². The third-order valence-electron chi connectivity index (χ3n) is 4.32. The van der Waals surface area contributed by atoms with Crippen LogP contribution in [0.25, 0.3) is 0 Å². The molecule has 0 aromatic heterocycles. The Morgan fingerprint density at radius 1 is 1.35 bits per heavy atom. The second-order valence-corrected chi connectivity index (χ2v) is 6.36. The lowest BCUT2D eigenvalue weighted by Gasteiger charge is -2.44. The van der Waals surface area contributed by atoms with Gasteiger partial charge in [0.25, 0.3) is 0 Å². The fourth-order valence-electron chi connectivity index (χ4n) is 2.56. The second-order valence-electron chi connectivity index (χ2n) is 6.36. The van der Waals surface area contributed by atoms with Crippen molar-refractivity contribution in [3.63, 3.8) is 0 Å². The molecule has 0 aliphatic carbocycles. The Labute approximate surface area is 105 Å². The van der Waals surface area contributed by atoms with Gasteiger partial charge in [0.05, 0.1) is 0 Å². The average Bonchev–Trinajstić information content (AvgIpc) is 2.27. The van der Waals surface area contributed by atoms with Gasteiger partial charge in [0.2, 0.25) is 5.91 Å². The second kappa shape index (κ2) is 4.95. The highest BCUT2D eigenvalue weighted by atomic mass is 19.1. The Hall–Kier alpha value is -0.600. The zero-order chi connectivity index (χ0) is 13.3. The smallest absolute Gasteiger partial charge is 0.222 e. The van der Waals surface area contributed by atoms with E-state index in [2.05, 4.69) is 20.8 Å². The Morgan fingerprint density at radius 3 is 2.18 bits per heavy atom. The summed E-state index contributed by atoms with van der Waals surface area (Å²) >= 11 is 0. The van der Waals surface area contributed by atoms with Crippen LogP contribution in [0.2, 0.25) is 0 Å². The maximum Gasteiger partial charge on any atom is 0.222 e. The van der Waals surface area contributed by atoms with Crippen LogP contribution in [0, 0.1) is 11.3 Å². The van der Waals surface area contributed by atoms with Gasteiger partial charge in [-0.15, -0.1) is 0 Å². The van der Waals surface area contributed by atoms with Gasteiger partial charge in [-0.1, -0.05) is 34.6 Å². The van der Waals surface area contributed by atoms with E-state index >= 15 is 0 Å². The molecule has 0 saturated carbocycles. The summed E-state index contributed by atoms with van der Waals surface area (Å²) < 4.78 is 14.9. The molecule has 17 heavy (non-hydrogen) atoms. The molecule has 3 heteroatoms. The van der Waals surface area contributed by atoms with Crippen molar-refractivity contribution in [3.05, 3.63) is 0 Å². The summed E-state index contributed by atoms with van der Waals surface area (Å²) in [7, 11) is 0.